The zero-order valence-corrected chi connectivity index (χ0v) is 9.72. The molecule has 0 N–H and O–H groups in total. The second-order valence-corrected chi connectivity index (χ2v) is 3.91. The molecular formula is C15H14O2. The smallest absolute Gasteiger partial charge is 0.335 e. The summed E-state index contributed by atoms with van der Waals surface area (Å²) in [7, 11) is 0. The highest BCUT2D eigenvalue weighted by molar-refractivity contribution is 5.83. The molecule has 1 aromatic rings. The number of hydrogen-bond donors (Lipinski definition) is 0. The Morgan fingerprint density at radius 3 is 2.71 bits per heavy atom. The maximum atomic E-state index is 11.3. The van der Waals surface area contributed by atoms with Gasteiger partial charge in [0.05, 0.1) is 0 Å². The van der Waals surface area contributed by atoms with Crippen LogP contribution in [0.15, 0.2) is 55.2 Å². The fourth-order valence-corrected chi connectivity index (χ4v) is 1.94. The van der Waals surface area contributed by atoms with E-state index >= 15 is 0 Å². The van der Waals surface area contributed by atoms with Gasteiger partial charge in [0.25, 0.3) is 0 Å². The van der Waals surface area contributed by atoms with Gasteiger partial charge >= 0.3 is 5.97 Å². The van der Waals surface area contributed by atoms with E-state index in [9.17, 15) is 4.79 Å². The van der Waals surface area contributed by atoms with Gasteiger partial charge in [-0.05, 0) is 18.6 Å². The molecule has 0 aliphatic heterocycles. The van der Waals surface area contributed by atoms with Crippen molar-refractivity contribution in [1.29, 1.82) is 0 Å². The molecule has 0 spiro atoms. The number of benzene rings is 1. The van der Waals surface area contributed by atoms with Crippen molar-refractivity contribution in [3.8, 4) is 5.75 Å². The second kappa shape index (κ2) is 4.83. The minimum atomic E-state index is -0.428. The Balaban J connectivity index is 2.40. The summed E-state index contributed by atoms with van der Waals surface area (Å²) in [5, 5.41) is 0. The van der Waals surface area contributed by atoms with E-state index < -0.39 is 5.97 Å². The Morgan fingerprint density at radius 1 is 1.35 bits per heavy atom. The summed E-state index contributed by atoms with van der Waals surface area (Å²) in [6.45, 7) is 5.42. The van der Waals surface area contributed by atoms with Gasteiger partial charge in [-0.1, -0.05) is 43.0 Å². The third-order valence-corrected chi connectivity index (χ3v) is 2.74. The first-order valence-electron chi connectivity index (χ1n) is 5.51. The molecule has 0 saturated heterocycles. The van der Waals surface area contributed by atoms with E-state index in [4.69, 9.17) is 4.74 Å². The number of carbonyl (C=O) groups excluding carboxylic acids is 1. The van der Waals surface area contributed by atoms with Gasteiger partial charge in [0, 0.05) is 17.6 Å². The van der Waals surface area contributed by atoms with Gasteiger partial charge in [-0.2, -0.15) is 0 Å². The van der Waals surface area contributed by atoms with Crippen LogP contribution in [0.25, 0.3) is 0 Å². The normalized spacial score (nSPS) is 13.9. The summed E-state index contributed by atoms with van der Waals surface area (Å²) in [4.78, 5) is 11.3. The molecule has 0 bridgehead atoms. The molecule has 0 aromatic heterocycles. The van der Waals surface area contributed by atoms with Gasteiger partial charge in [0.1, 0.15) is 5.75 Å². The lowest BCUT2D eigenvalue weighted by Gasteiger charge is -2.15. The third-order valence-electron chi connectivity index (χ3n) is 2.74. The molecule has 0 unspecified atom stereocenters. The van der Waals surface area contributed by atoms with E-state index in [-0.39, 0.29) is 5.92 Å². The highest BCUT2D eigenvalue weighted by Gasteiger charge is 2.16. The number of aryl methyl sites for hydroxylation is 1. The number of allylic oxidation sites excluding steroid dienone is 4. The molecule has 2 heteroatoms. The standard InChI is InChI=1S/C15H14O2/c1-3-14(16)17-13-10-6-7-11(2)15(13)12-8-4-5-9-12/h3-10,12H,1H2,2H3. The minimum absolute atomic E-state index is 0.184. The number of ether oxygens (including phenoxy) is 1. The van der Waals surface area contributed by atoms with Crippen molar-refractivity contribution in [1.82, 2.24) is 0 Å². The Kier molecular flexibility index (Phi) is 3.24. The van der Waals surface area contributed by atoms with Crippen molar-refractivity contribution in [2.24, 2.45) is 0 Å². The van der Waals surface area contributed by atoms with Gasteiger partial charge < -0.3 is 4.74 Å². The molecule has 0 radical (unpaired) electrons. The zero-order chi connectivity index (χ0) is 12.3. The third kappa shape index (κ3) is 2.36. The van der Waals surface area contributed by atoms with Crippen molar-refractivity contribution in [2.75, 3.05) is 0 Å². The van der Waals surface area contributed by atoms with Gasteiger partial charge in [0.2, 0.25) is 0 Å². The molecule has 86 valence electrons. The lowest BCUT2D eigenvalue weighted by Crippen LogP contribution is -2.07. The van der Waals surface area contributed by atoms with Crippen molar-refractivity contribution < 1.29 is 9.53 Å². The van der Waals surface area contributed by atoms with Crippen LogP contribution in [0.2, 0.25) is 0 Å². The predicted molar refractivity (Wildman–Crippen MR) is 68.0 cm³/mol. The fourth-order valence-electron chi connectivity index (χ4n) is 1.94. The van der Waals surface area contributed by atoms with E-state index in [1.165, 1.54) is 6.08 Å². The molecule has 2 rings (SSSR count). The molecule has 1 aliphatic rings. The summed E-state index contributed by atoms with van der Waals surface area (Å²) in [6, 6.07) is 5.71. The van der Waals surface area contributed by atoms with Crippen LogP contribution >= 0.6 is 0 Å². The van der Waals surface area contributed by atoms with Crippen LogP contribution in [0.1, 0.15) is 17.0 Å². The van der Waals surface area contributed by atoms with Crippen LogP contribution in [-0.4, -0.2) is 5.97 Å². The van der Waals surface area contributed by atoms with Crippen molar-refractivity contribution in [3.63, 3.8) is 0 Å². The topological polar surface area (TPSA) is 26.3 Å². The fraction of sp³-hybridized carbons (Fsp3) is 0.133. The molecule has 0 atom stereocenters. The Labute approximate surface area is 101 Å². The lowest BCUT2D eigenvalue weighted by molar-refractivity contribution is -0.129. The lowest BCUT2D eigenvalue weighted by atomic mass is 9.95. The molecule has 1 aliphatic carbocycles. The first-order chi connectivity index (χ1) is 8.22. The SMILES string of the molecule is C=CC(=O)Oc1cccc(C)c1C1C=CC=C1. The monoisotopic (exact) mass is 226 g/mol. The number of rotatable bonds is 3. The highest BCUT2D eigenvalue weighted by atomic mass is 16.5. The molecule has 17 heavy (non-hydrogen) atoms. The average molecular weight is 226 g/mol. The Bertz CT molecular complexity index is 498. The molecule has 0 amide bonds. The van der Waals surface area contributed by atoms with E-state index in [1.54, 1.807) is 0 Å². The Morgan fingerprint density at radius 2 is 2.06 bits per heavy atom. The summed E-state index contributed by atoms with van der Waals surface area (Å²) in [5.74, 6) is 0.364. The quantitative estimate of drug-likeness (QED) is 0.449. The number of esters is 1. The molecule has 1 aromatic carbocycles. The zero-order valence-electron chi connectivity index (χ0n) is 9.72. The summed E-state index contributed by atoms with van der Waals surface area (Å²) in [5.41, 5.74) is 2.15. The van der Waals surface area contributed by atoms with Gasteiger partial charge in [0.15, 0.2) is 0 Å². The van der Waals surface area contributed by atoms with Crippen LogP contribution in [0.5, 0.6) is 5.75 Å². The average Bonchev–Trinajstić information content (AvgIpc) is 2.82. The van der Waals surface area contributed by atoms with Crippen LogP contribution in [0.4, 0.5) is 0 Å². The van der Waals surface area contributed by atoms with Crippen molar-refractivity contribution >= 4 is 5.97 Å². The second-order valence-electron chi connectivity index (χ2n) is 3.91. The van der Waals surface area contributed by atoms with E-state index in [0.717, 1.165) is 11.1 Å². The van der Waals surface area contributed by atoms with E-state index in [0.29, 0.717) is 5.75 Å². The van der Waals surface area contributed by atoms with E-state index in [1.807, 2.05) is 37.3 Å². The van der Waals surface area contributed by atoms with Gasteiger partial charge in [-0.15, -0.1) is 0 Å². The molecule has 0 saturated carbocycles. The summed E-state index contributed by atoms with van der Waals surface area (Å²) >= 11 is 0. The predicted octanol–water partition coefficient (Wildman–Crippen LogP) is 3.30. The maximum Gasteiger partial charge on any atom is 0.335 e. The minimum Gasteiger partial charge on any atom is -0.423 e. The maximum absolute atomic E-state index is 11.3. The highest BCUT2D eigenvalue weighted by Crippen LogP contribution is 2.33. The summed E-state index contributed by atoms with van der Waals surface area (Å²) in [6.07, 6.45) is 9.32. The van der Waals surface area contributed by atoms with Gasteiger partial charge in [-0.3, -0.25) is 0 Å². The molecule has 2 nitrogen and oxygen atoms in total. The Hall–Kier alpha value is -2.09. The largest absolute Gasteiger partial charge is 0.423 e. The van der Waals surface area contributed by atoms with E-state index in [2.05, 4.69) is 18.7 Å². The number of hydrogen-bond acceptors (Lipinski definition) is 2. The molecular weight excluding hydrogens is 212 g/mol. The van der Waals surface area contributed by atoms with Crippen LogP contribution in [-0.2, 0) is 4.79 Å². The molecule has 0 fully saturated rings. The first kappa shape index (κ1) is 11.4. The van der Waals surface area contributed by atoms with Gasteiger partial charge in [-0.25, -0.2) is 4.79 Å². The van der Waals surface area contributed by atoms with Crippen molar-refractivity contribution in [2.45, 2.75) is 12.8 Å². The molecule has 0 heterocycles. The van der Waals surface area contributed by atoms with Crippen molar-refractivity contribution in [3.05, 3.63) is 66.3 Å². The van der Waals surface area contributed by atoms with Crippen LogP contribution in [0.3, 0.4) is 0 Å². The summed E-state index contributed by atoms with van der Waals surface area (Å²) < 4.78 is 5.26. The van der Waals surface area contributed by atoms with Crippen LogP contribution < -0.4 is 4.74 Å². The number of carbonyl (C=O) groups is 1. The first-order valence-corrected chi connectivity index (χ1v) is 5.51. The van der Waals surface area contributed by atoms with Crippen LogP contribution in [0, 0.1) is 6.92 Å².